The summed E-state index contributed by atoms with van der Waals surface area (Å²) >= 11 is 0. The van der Waals surface area contributed by atoms with Gasteiger partial charge in [-0.15, -0.1) is 0 Å². The molecule has 0 aromatic heterocycles. The number of fused-ring (bicyclic) bond motifs is 7. The van der Waals surface area contributed by atoms with Gasteiger partial charge in [0.05, 0.1) is 51.8 Å². The Balaban J connectivity index is 0.000000123. The van der Waals surface area contributed by atoms with E-state index in [1.54, 1.807) is 47.1 Å². The van der Waals surface area contributed by atoms with Crippen LogP contribution < -0.4 is 77.3 Å². The summed E-state index contributed by atoms with van der Waals surface area (Å²) in [6, 6.07) is 119. The monoisotopic (exact) mass is 1850 g/mol. The van der Waals surface area contributed by atoms with Gasteiger partial charge < -0.3 is 37.9 Å². The lowest BCUT2D eigenvalue weighted by Gasteiger charge is -2.42. The molecule has 0 amide bonds. The summed E-state index contributed by atoms with van der Waals surface area (Å²) in [6.07, 6.45) is 5.40. The second-order valence-corrected chi connectivity index (χ2v) is 56.7. The molecule has 12 atom stereocenters. The van der Waals surface area contributed by atoms with Crippen molar-refractivity contribution in [1.82, 2.24) is 0 Å². The fourth-order valence-corrected chi connectivity index (χ4v) is 43.0. The van der Waals surface area contributed by atoms with Crippen molar-refractivity contribution in [1.29, 1.82) is 0 Å². The minimum atomic E-state index is -0.898. The van der Waals surface area contributed by atoms with Crippen molar-refractivity contribution >= 4 is 114 Å². The minimum Gasteiger partial charge on any atom is -0.496 e. The van der Waals surface area contributed by atoms with E-state index in [4.69, 9.17) is 37.9 Å². The van der Waals surface area contributed by atoms with Crippen LogP contribution in [0.3, 0.4) is 0 Å². The Bertz CT molecular complexity index is 5560. The highest BCUT2D eigenvalue weighted by Gasteiger charge is 2.60. The van der Waals surface area contributed by atoms with E-state index in [1.165, 1.54) is 71.2 Å². The molecule has 670 valence electrons. The molecule has 13 aromatic rings. The molecule has 0 N–H and O–H groups in total. The molecule has 15 heteroatoms. The van der Waals surface area contributed by atoms with Gasteiger partial charge in [-0.25, -0.2) is 0 Å². The first-order valence-electron chi connectivity index (χ1n) is 46.4. The summed E-state index contributed by atoms with van der Waals surface area (Å²) in [4.78, 5) is 0. The van der Waals surface area contributed by atoms with Gasteiger partial charge in [0.2, 0.25) is 0 Å². The van der Waals surface area contributed by atoms with Crippen LogP contribution in [0.5, 0.6) is 23.0 Å². The van der Waals surface area contributed by atoms with E-state index < -0.39 is 35.3 Å². The highest BCUT2D eigenvalue weighted by molar-refractivity contribution is 7.81. The van der Waals surface area contributed by atoms with Crippen molar-refractivity contribution < 1.29 is 37.9 Å². The van der Waals surface area contributed by atoms with Crippen molar-refractivity contribution in [2.45, 2.75) is 209 Å². The third kappa shape index (κ3) is 19.6. The van der Waals surface area contributed by atoms with Gasteiger partial charge in [0, 0.05) is 56.2 Å². The van der Waals surface area contributed by atoms with Crippen LogP contribution in [0.15, 0.2) is 328 Å². The SMILES string of the molecule is CC(C)(C)[P@]1Cc2ccccc2[C@@H]1[C@H]1c2ccccc2C[P@@]1C(C)(C)C.COc1cccc(P(c2ccccc2)c2ccccc2)c1-c1c(OC)cccc1P(c1ccccc1)c1ccccc1.C[C@H]1[C@H]2OC(C)(C)O[C@@H]2[C@H](C)P1c1ccccc1P1[C@@H](C)[C@H]2OC(C)(C)O[C@@H]2[C@@H]1C.Cc1cccc2c1-c1c(cccc1P(c1ccccc1)c1ccccc1)OCCCCO2. The van der Waals surface area contributed by atoms with E-state index in [0.29, 0.717) is 46.2 Å². The maximum absolute atomic E-state index is 6.39. The van der Waals surface area contributed by atoms with Gasteiger partial charge in [0.15, 0.2) is 11.6 Å². The highest BCUT2D eigenvalue weighted by Crippen LogP contribution is 2.81. The van der Waals surface area contributed by atoms with Gasteiger partial charge in [0.1, 0.15) is 23.0 Å². The van der Waals surface area contributed by atoms with E-state index in [0.717, 1.165) is 63.8 Å². The van der Waals surface area contributed by atoms with E-state index in [2.05, 4.69) is 404 Å². The molecule has 0 unspecified atom stereocenters. The van der Waals surface area contributed by atoms with E-state index in [1.807, 2.05) is 27.7 Å². The molecule has 13 aromatic carbocycles. The maximum atomic E-state index is 6.39. The lowest BCUT2D eigenvalue weighted by atomic mass is 9.98. The molecule has 4 fully saturated rings. The summed E-state index contributed by atoms with van der Waals surface area (Å²) in [5.74, 6) is 2.65. The van der Waals surface area contributed by atoms with Crippen molar-refractivity contribution in [2.24, 2.45) is 0 Å². The number of benzene rings is 13. The van der Waals surface area contributed by atoms with Crippen LogP contribution in [0.2, 0.25) is 0 Å². The van der Waals surface area contributed by atoms with E-state index in [-0.39, 0.29) is 56.1 Å². The second kappa shape index (κ2) is 40.6. The van der Waals surface area contributed by atoms with Crippen molar-refractivity contribution in [2.75, 3.05) is 27.4 Å². The summed E-state index contributed by atoms with van der Waals surface area (Å²) < 4.78 is 50.5. The number of rotatable bonds is 15. The second-order valence-electron chi connectivity index (χ2n) is 38.0. The third-order valence-electron chi connectivity index (χ3n) is 26.6. The summed E-state index contributed by atoms with van der Waals surface area (Å²) in [6.45, 7) is 36.2. The van der Waals surface area contributed by atoms with Gasteiger partial charge >= 0.3 is 0 Å². The quantitative estimate of drug-likeness (QED) is 0.0940. The number of hydrogen-bond acceptors (Lipinski definition) is 8. The van der Waals surface area contributed by atoms with Crippen molar-refractivity contribution in [3.8, 4) is 45.3 Å². The highest BCUT2D eigenvalue weighted by atomic mass is 31.1. The smallest absolute Gasteiger partial charge is 0.163 e. The molecule has 20 rings (SSSR count). The molecule has 7 heterocycles. The summed E-state index contributed by atoms with van der Waals surface area (Å²) in [5.41, 5.74) is 15.8. The zero-order chi connectivity index (χ0) is 90.8. The van der Waals surface area contributed by atoms with Gasteiger partial charge in [-0.2, -0.15) is 0 Å². The van der Waals surface area contributed by atoms with E-state index >= 15 is 0 Å². The van der Waals surface area contributed by atoms with Gasteiger partial charge in [-0.05, 0) is 204 Å². The number of ether oxygens (including phenoxy) is 8. The van der Waals surface area contributed by atoms with Gasteiger partial charge in [0.25, 0.3) is 0 Å². The number of hydrogen-bond donors (Lipinski definition) is 0. The lowest BCUT2D eigenvalue weighted by Crippen LogP contribution is -2.34. The Hall–Kier alpha value is -8.09. The lowest BCUT2D eigenvalue weighted by molar-refractivity contribution is -0.147. The van der Waals surface area contributed by atoms with Crippen LogP contribution in [-0.4, -0.2) is 96.4 Å². The van der Waals surface area contributed by atoms with E-state index in [9.17, 15) is 0 Å². The number of aryl methyl sites for hydroxylation is 1. The van der Waals surface area contributed by atoms with Crippen LogP contribution >= 0.6 is 55.5 Å². The molecule has 130 heavy (non-hydrogen) atoms. The summed E-state index contributed by atoms with van der Waals surface area (Å²) in [7, 11) is 0.105. The molecule has 0 spiro atoms. The predicted molar refractivity (Wildman–Crippen MR) is 562 cm³/mol. The topological polar surface area (TPSA) is 73.8 Å². The standard InChI is InChI=1S/C38H32O2P2.C29H27O2P.C24H36O4P2.C24H32P2/c1-39-33-25-15-27-35(41(29-17-7-3-8-18-29)30-19-9-4-10-20-30)37(33)38-34(40-2)26-16-28-36(38)42(31-21-11-5-12-22-31)32-23-13-6-14-24-32;1-22-12-10-17-25-28(22)29-26(31-21-9-8-20-30-25)18-11-19-27(29)32(23-13-4-2-5-14-23)24-15-6-3-7-16-24;1-13-19-20(26-23(5,6)25-19)14(2)29(13)17-11-9-10-12-18(17)30-15(3)21-22(16(30)4)28-24(7,8)27-21;1-23(2,3)25-15-17-11-7-9-13-19(17)21(25)22-20-14-10-8-12-18(20)16-26(22)24(4,5)6/h3-28H,1-2H3;2-7,10-19H,8-9,20-21H2,1H3;9-16,19-22H,1-8H3;7-14,21-22H,15-16H2,1-6H3/t;;13-,14-,15-,16-,19+,20+,21+,22+;21-,22-,25-,26-/m..01/s1. The summed E-state index contributed by atoms with van der Waals surface area (Å²) in [5, 5.41) is 15.5. The van der Waals surface area contributed by atoms with Crippen LogP contribution in [0.25, 0.3) is 22.3 Å². The Kier molecular flexibility index (Phi) is 29.3. The van der Waals surface area contributed by atoms with Gasteiger partial charge in [-0.3, -0.25) is 0 Å². The van der Waals surface area contributed by atoms with Crippen LogP contribution in [0, 0.1) is 6.92 Å². The molecule has 0 bridgehead atoms. The first-order chi connectivity index (χ1) is 62.8. The Morgan fingerprint density at radius 3 is 0.908 bits per heavy atom. The van der Waals surface area contributed by atoms with Gasteiger partial charge in [-0.1, -0.05) is 404 Å². The molecular formula is C115H127O8P7. The molecule has 4 saturated heterocycles. The zero-order valence-corrected chi connectivity index (χ0v) is 84.9. The third-order valence-corrected chi connectivity index (χ3v) is 48.3. The first kappa shape index (κ1) is 93.7. The molecule has 8 nitrogen and oxygen atoms in total. The largest absolute Gasteiger partial charge is 0.496 e. The van der Waals surface area contributed by atoms with Crippen LogP contribution in [-0.2, 0) is 31.3 Å². The Morgan fingerprint density at radius 2 is 0.592 bits per heavy atom. The fourth-order valence-electron chi connectivity index (χ4n) is 20.8. The minimum absolute atomic E-state index is 0.0695. The van der Waals surface area contributed by atoms with Crippen molar-refractivity contribution in [3.05, 3.63) is 355 Å². The average Bonchev–Trinajstić information content (AvgIpc) is 1.54. The van der Waals surface area contributed by atoms with Crippen LogP contribution in [0.1, 0.15) is 149 Å². The average molecular weight is 1850 g/mol. The first-order valence-corrected chi connectivity index (χ1v) is 56.6. The number of methoxy groups -OCH3 is 2. The molecular weight excluding hydrogens is 1730 g/mol. The zero-order valence-electron chi connectivity index (χ0n) is 78.6. The molecule has 0 saturated carbocycles. The Morgan fingerprint density at radius 1 is 0.315 bits per heavy atom. The maximum Gasteiger partial charge on any atom is 0.163 e. The van der Waals surface area contributed by atoms with Crippen LogP contribution in [0.4, 0.5) is 0 Å². The van der Waals surface area contributed by atoms with Crippen molar-refractivity contribution in [3.63, 3.8) is 0 Å². The molecule has 0 radical (unpaired) electrons. The Labute approximate surface area is 783 Å². The molecule has 0 aliphatic carbocycles. The normalized spacial score (nSPS) is 23.7. The fraction of sp³-hybridized carbons (Fsp3) is 0.322. The predicted octanol–water partition coefficient (Wildman–Crippen LogP) is 25.4. The molecule has 7 aliphatic rings. The molecule has 7 aliphatic heterocycles.